The van der Waals surface area contributed by atoms with Crippen LogP contribution in [0.15, 0.2) is 12.4 Å². The second kappa shape index (κ2) is 5.34. The van der Waals surface area contributed by atoms with Gasteiger partial charge in [0.2, 0.25) is 0 Å². The standard InChI is InChI=1S/C13H22N4/c1-10-4-6-11(7-5-10)16-12-8-13(17(2)3)15-9-14-12/h8-11H,4-7H2,1-3H3,(H,14,15,16). The second-order valence-corrected chi connectivity index (χ2v) is 5.26. The molecule has 0 saturated heterocycles. The summed E-state index contributed by atoms with van der Waals surface area (Å²) < 4.78 is 0. The van der Waals surface area contributed by atoms with Crippen LogP contribution >= 0.6 is 0 Å². The van der Waals surface area contributed by atoms with Crippen LogP contribution in [0, 0.1) is 5.92 Å². The van der Waals surface area contributed by atoms with Gasteiger partial charge < -0.3 is 10.2 Å². The Morgan fingerprint density at radius 1 is 1.18 bits per heavy atom. The van der Waals surface area contributed by atoms with Crippen LogP contribution in [-0.4, -0.2) is 30.1 Å². The first kappa shape index (κ1) is 12.1. The molecule has 0 atom stereocenters. The zero-order valence-electron chi connectivity index (χ0n) is 11.0. The van der Waals surface area contributed by atoms with Crippen molar-refractivity contribution >= 4 is 11.6 Å². The third-order valence-corrected chi connectivity index (χ3v) is 3.48. The fraction of sp³-hybridized carbons (Fsp3) is 0.692. The zero-order valence-corrected chi connectivity index (χ0v) is 11.0. The predicted molar refractivity (Wildman–Crippen MR) is 71.4 cm³/mol. The SMILES string of the molecule is CC1CCC(Nc2cc(N(C)C)ncn2)CC1. The Labute approximate surface area is 103 Å². The molecular weight excluding hydrogens is 212 g/mol. The molecule has 4 nitrogen and oxygen atoms in total. The average Bonchev–Trinajstić information content (AvgIpc) is 2.32. The van der Waals surface area contributed by atoms with Gasteiger partial charge in [0.15, 0.2) is 0 Å². The van der Waals surface area contributed by atoms with Gasteiger partial charge in [-0.2, -0.15) is 0 Å². The summed E-state index contributed by atoms with van der Waals surface area (Å²) in [5, 5.41) is 3.52. The highest BCUT2D eigenvalue weighted by Crippen LogP contribution is 2.25. The van der Waals surface area contributed by atoms with E-state index in [2.05, 4.69) is 22.2 Å². The summed E-state index contributed by atoms with van der Waals surface area (Å²) in [6.45, 7) is 2.34. The van der Waals surface area contributed by atoms with E-state index >= 15 is 0 Å². The number of hydrogen-bond acceptors (Lipinski definition) is 4. The molecule has 1 aliphatic rings. The Balaban J connectivity index is 1.96. The van der Waals surface area contributed by atoms with Crippen molar-refractivity contribution in [3.05, 3.63) is 12.4 Å². The summed E-state index contributed by atoms with van der Waals surface area (Å²) in [5.41, 5.74) is 0. The van der Waals surface area contributed by atoms with E-state index in [1.54, 1.807) is 6.33 Å². The molecule has 4 heteroatoms. The third kappa shape index (κ3) is 3.32. The monoisotopic (exact) mass is 234 g/mol. The van der Waals surface area contributed by atoms with Gasteiger partial charge in [-0.15, -0.1) is 0 Å². The molecule has 17 heavy (non-hydrogen) atoms. The van der Waals surface area contributed by atoms with Crippen LogP contribution in [0.1, 0.15) is 32.6 Å². The Hall–Kier alpha value is -1.32. The van der Waals surface area contributed by atoms with Gasteiger partial charge in [0.1, 0.15) is 18.0 Å². The van der Waals surface area contributed by atoms with Gasteiger partial charge in [0, 0.05) is 26.2 Å². The molecule has 0 unspecified atom stereocenters. The summed E-state index contributed by atoms with van der Waals surface area (Å²) in [7, 11) is 3.99. The molecule has 0 aromatic carbocycles. The van der Waals surface area contributed by atoms with Crippen LogP contribution < -0.4 is 10.2 Å². The summed E-state index contributed by atoms with van der Waals surface area (Å²) in [5.74, 6) is 2.78. The van der Waals surface area contributed by atoms with Crippen molar-refractivity contribution in [3.8, 4) is 0 Å². The highest BCUT2D eigenvalue weighted by molar-refractivity contribution is 5.47. The van der Waals surface area contributed by atoms with Crippen molar-refractivity contribution in [1.29, 1.82) is 0 Å². The van der Waals surface area contributed by atoms with E-state index in [0.717, 1.165) is 17.6 Å². The van der Waals surface area contributed by atoms with Crippen LogP contribution in [0.2, 0.25) is 0 Å². The predicted octanol–water partition coefficient (Wildman–Crippen LogP) is 2.53. The van der Waals surface area contributed by atoms with Gasteiger partial charge in [-0.05, 0) is 31.6 Å². The van der Waals surface area contributed by atoms with E-state index in [9.17, 15) is 0 Å². The molecule has 0 radical (unpaired) electrons. The molecule has 1 aromatic rings. The minimum atomic E-state index is 0.580. The highest BCUT2D eigenvalue weighted by atomic mass is 15.2. The minimum absolute atomic E-state index is 0.580. The van der Waals surface area contributed by atoms with Crippen LogP contribution in [0.25, 0.3) is 0 Å². The van der Waals surface area contributed by atoms with Gasteiger partial charge in [0.25, 0.3) is 0 Å². The van der Waals surface area contributed by atoms with Crippen LogP contribution in [-0.2, 0) is 0 Å². The normalized spacial score (nSPS) is 24.4. The molecular formula is C13H22N4. The molecule has 1 N–H and O–H groups in total. The van der Waals surface area contributed by atoms with Crippen molar-refractivity contribution in [3.63, 3.8) is 0 Å². The Bertz CT molecular complexity index is 356. The number of rotatable bonds is 3. The van der Waals surface area contributed by atoms with Crippen molar-refractivity contribution in [2.75, 3.05) is 24.3 Å². The lowest BCUT2D eigenvalue weighted by Crippen LogP contribution is -2.25. The zero-order chi connectivity index (χ0) is 12.3. The molecule has 0 amide bonds. The molecule has 1 aliphatic carbocycles. The minimum Gasteiger partial charge on any atom is -0.367 e. The van der Waals surface area contributed by atoms with E-state index in [-0.39, 0.29) is 0 Å². The first-order valence-corrected chi connectivity index (χ1v) is 6.41. The molecule has 1 aromatic heterocycles. The Kier molecular flexibility index (Phi) is 3.82. The van der Waals surface area contributed by atoms with E-state index < -0.39 is 0 Å². The topological polar surface area (TPSA) is 41.0 Å². The van der Waals surface area contributed by atoms with Crippen molar-refractivity contribution in [2.45, 2.75) is 38.6 Å². The maximum Gasteiger partial charge on any atom is 0.133 e. The summed E-state index contributed by atoms with van der Waals surface area (Å²) in [6.07, 6.45) is 6.78. The number of nitrogens with one attached hydrogen (secondary N) is 1. The smallest absolute Gasteiger partial charge is 0.133 e. The Morgan fingerprint density at radius 2 is 1.88 bits per heavy atom. The molecule has 2 rings (SSSR count). The van der Waals surface area contributed by atoms with E-state index in [0.29, 0.717) is 6.04 Å². The summed E-state index contributed by atoms with van der Waals surface area (Å²) in [4.78, 5) is 10.5. The molecule has 94 valence electrons. The Morgan fingerprint density at radius 3 is 2.53 bits per heavy atom. The van der Waals surface area contributed by atoms with E-state index in [1.807, 2.05) is 25.1 Å². The lowest BCUT2D eigenvalue weighted by atomic mass is 9.87. The maximum atomic E-state index is 4.29. The van der Waals surface area contributed by atoms with Crippen LogP contribution in [0.4, 0.5) is 11.6 Å². The first-order valence-electron chi connectivity index (χ1n) is 6.41. The quantitative estimate of drug-likeness (QED) is 0.872. The van der Waals surface area contributed by atoms with E-state index in [4.69, 9.17) is 0 Å². The van der Waals surface area contributed by atoms with Crippen molar-refractivity contribution < 1.29 is 0 Å². The molecule has 0 bridgehead atoms. The van der Waals surface area contributed by atoms with E-state index in [1.165, 1.54) is 25.7 Å². The molecule has 1 heterocycles. The van der Waals surface area contributed by atoms with Crippen LogP contribution in [0.3, 0.4) is 0 Å². The number of nitrogens with zero attached hydrogens (tertiary/aromatic N) is 3. The first-order chi connectivity index (χ1) is 8.15. The molecule has 0 spiro atoms. The fourth-order valence-corrected chi connectivity index (χ4v) is 2.28. The highest BCUT2D eigenvalue weighted by Gasteiger charge is 2.18. The lowest BCUT2D eigenvalue weighted by molar-refractivity contribution is 0.361. The number of hydrogen-bond donors (Lipinski definition) is 1. The van der Waals surface area contributed by atoms with Gasteiger partial charge in [-0.1, -0.05) is 6.92 Å². The average molecular weight is 234 g/mol. The second-order valence-electron chi connectivity index (χ2n) is 5.26. The molecule has 0 aliphatic heterocycles. The molecule has 1 fully saturated rings. The van der Waals surface area contributed by atoms with Crippen molar-refractivity contribution in [1.82, 2.24) is 9.97 Å². The lowest BCUT2D eigenvalue weighted by Gasteiger charge is -2.27. The van der Waals surface area contributed by atoms with Gasteiger partial charge in [-0.25, -0.2) is 9.97 Å². The molecule has 1 saturated carbocycles. The fourth-order valence-electron chi connectivity index (χ4n) is 2.28. The van der Waals surface area contributed by atoms with Crippen molar-refractivity contribution in [2.24, 2.45) is 5.92 Å². The van der Waals surface area contributed by atoms with Gasteiger partial charge in [-0.3, -0.25) is 0 Å². The van der Waals surface area contributed by atoms with Gasteiger partial charge in [0.05, 0.1) is 0 Å². The van der Waals surface area contributed by atoms with Gasteiger partial charge >= 0.3 is 0 Å². The summed E-state index contributed by atoms with van der Waals surface area (Å²) in [6, 6.07) is 2.59. The number of aromatic nitrogens is 2. The number of anilines is 2. The third-order valence-electron chi connectivity index (χ3n) is 3.48. The maximum absolute atomic E-state index is 4.29. The summed E-state index contributed by atoms with van der Waals surface area (Å²) >= 11 is 0. The van der Waals surface area contributed by atoms with Crippen LogP contribution in [0.5, 0.6) is 0 Å². The largest absolute Gasteiger partial charge is 0.367 e.